The van der Waals surface area contributed by atoms with Crippen LogP contribution in [0.25, 0.3) is 0 Å². The van der Waals surface area contributed by atoms with E-state index in [2.05, 4.69) is 10.4 Å². The summed E-state index contributed by atoms with van der Waals surface area (Å²) in [4.78, 5) is 12.3. The smallest absolute Gasteiger partial charge is 0.226 e. The maximum Gasteiger partial charge on any atom is 0.226 e. The van der Waals surface area contributed by atoms with Gasteiger partial charge in [0.15, 0.2) is 9.84 Å². The standard InChI is InChI=1S/C17H17ClFN3O3S/c1-9-16-12(10-2-3-14(19)13(18)6-10)7-15(23)20-17(16)22(21-9)11-4-5-26(24,25)8-11/h2-3,6,11-12H,4-5,7-8H2,1H3,(H,20,23)/t11-,12+/m0/s1. The fourth-order valence-corrected chi connectivity index (χ4v) is 5.70. The third-order valence-electron chi connectivity index (χ3n) is 5.03. The number of nitrogens with zero attached hydrogens (tertiary/aromatic N) is 2. The minimum absolute atomic E-state index is 0.00182. The van der Waals surface area contributed by atoms with Crippen molar-refractivity contribution >= 4 is 33.2 Å². The van der Waals surface area contributed by atoms with Gasteiger partial charge < -0.3 is 5.32 Å². The van der Waals surface area contributed by atoms with Gasteiger partial charge in [0.05, 0.1) is 28.3 Å². The van der Waals surface area contributed by atoms with Crippen molar-refractivity contribution in [1.82, 2.24) is 9.78 Å². The van der Waals surface area contributed by atoms with E-state index in [0.29, 0.717) is 12.2 Å². The number of nitrogens with one attached hydrogen (secondary N) is 1. The van der Waals surface area contributed by atoms with Crippen LogP contribution in [0, 0.1) is 12.7 Å². The summed E-state index contributed by atoms with van der Waals surface area (Å²) in [7, 11) is -3.08. The fraction of sp³-hybridized carbons (Fsp3) is 0.412. The first-order valence-corrected chi connectivity index (χ1v) is 10.5. The molecule has 1 amide bonds. The maximum absolute atomic E-state index is 13.5. The molecule has 0 unspecified atom stereocenters. The van der Waals surface area contributed by atoms with Gasteiger partial charge in [-0.1, -0.05) is 17.7 Å². The van der Waals surface area contributed by atoms with E-state index in [-0.39, 0.29) is 40.8 Å². The number of aryl methyl sites for hydroxylation is 1. The molecule has 1 N–H and O–H groups in total. The number of hydrogen-bond acceptors (Lipinski definition) is 4. The summed E-state index contributed by atoms with van der Waals surface area (Å²) in [5.74, 6) is -0.334. The third kappa shape index (κ3) is 2.91. The molecule has 0 radical (unpaired) electrons. The lowest BCUT2D eigenvalue weighted by atomic mass is 9.86. The summed E-state index contributed by atoms with van der Waals surface area (Å²) in [5, 5.41) is 7.36. The molecule has 1 fully saturated rings. The molecule has 2 aliphatic rings. The topological polar surface area (TPSA) is 81.1 Å². The molecule has 2 atom stereocenters. The van der Waals surface area contributed by atoms with Crippen molar-refractivity contribution in [3.8, 4) is 0 Å². The van der Waals surface area contributed by atoms with Crippen LogP contribution in [0.15, 0.2) is 18.2 Å². The molecule has 1 saturated heterocycles. The Hall–Kier alpha value is -1.93. The number of hydrogen-bond donors (Lipinski definition) is 1. The minimum atomic E-state index is -3.08. The van der Waals surface area contributed by atoms with Crippen molar-refractivity contribution in [2.45, 2.75) is 31.7 Å². The summed E-state index contributed by atoms with van der Waals surface area (Å²) >= 11 is 5.91. The second-order valence-corrected chi connectivity index (χ2v) is 9.46. The SMILES string of the molecule is Cc1nn([C@H]2CCS(=O)(=O)C2)c2c1[C@@H](c1ccc(F)c(Cl)c1)CC(=O)N2. The van der Waals surface area contributed by atoms with Crippen LogP contribution in [-0.2, 0) is 14.6 Å². The Kier molecular flexibility index (Phi) is 4.07. The summed E-state index contributed by atoms with van der Waals surface area (Å²) in [5.41, 5.74) is 2.28. The summed E-state index contributed by atoms with van der Waals surface area (Å²) in [6, 6.07) is 4.14. The van der Waals surface area contributed by atoms with Crippen LogP contribution in [0.5, 0.6) is 0 Å². The van der Waals surface area contributed by atoms with Crippen LogP contribution in [0.2, 0.25) is 5.02 Å². The minimum Gasteiger partial charge on any atom is -0.311 e. The van der Waals surface area contributed by atoms with Crippen LogP contribution in [0.4, 0.5) is 10.2 Å². The van der Waals surface area contributed by atoms with Crippen LogP contribution >= 0.6 is 11.6 Å². The Morgan fingerprint density at radius 1 is 1.38 bits per heavy atom. The van der Waals surface area contributed by atoms with Crippen LogP contribution in [-0.4, -0.2) is 35.6 Å². The number of fused-ring (bicyclic) bond motifs is 1. The zero-order chi connectivity index (χ0) is 18.6. The molecule has 0 saturated carbocycles. The average molecular weight is 398 g/mol. The van der Waals surface area contributed by atoms with E-state index in [9.17, 15) is 17.6 Å². The Morgan fingerprint density at radius 2 is 2.15 bits per heavy atom. The Balaban J connectivity index is 1.81. The van der Waals surface area contributed by atoms with E-state index in [1.165, 1.54) is 12.1 Å². The molecule has 26 heavy (non-hydrogen) atoms. The quantitative estimate of drug-likeness (QED) is 0.844. The molecular formula is C17H17ClFN3O3S. The lowest BCUT2D eigenvalue weighted by Gasteiger charge is -2.25. The van der Waals surface area contributed by atoms with E-state index in [1.807, 2.05) is 6.92 Å². The number of halogens is 2. The molecule has 3 heterocycles. The van der Waals surface area contributed by atoms with Gasteiger partial charge in [-0.25, -0.2) is 17.5 Å². The number of sulfone groups is 1. The second-order valence-electron chi connectivity index (χ2n) is 6.83. The number of amides is 1. The van der Waals surface area contributed by atoms with Gasteiger partial charge in [-0.2, -0.15) is 5.10 Å². The van der Waals surface area contributed by atoms with E-state index < -0.39 is 15.7 Å². The highest BCUT2D eigenvalue weighted by atomic mass is 35.5. The van der Waals surface area contributed by atoms with Crippen LogP contribution < -0.4 is 5.32 Å². The van der Waals surface area contributed by atoms with E-state index in [1.54, 1.807) is 10.7 Å². The van der Waals surface area contributed by atoms with Gasteiger partial charge in [-0.15, -0.1) is 0 Å². The molecule has 0 bridgehead atoms. The van der Waals surface area contributed by atoms with Gasteiger partial charge in [0.1, 0.15) is 11.6 Å². The second kappa shape index (κ2) is 6.06. The first-order valence-electron chi connectivity index (χ1n) is 8.29. The highest BCUT2D eigenvalue weighted by Gasteiger charge is 2.37. The van der Waals surface area contributed by atoms with Gasteiger partial charge in [0.2, 0.25) is 5.91 Å². The van der Waals surface area contributed by atoms with Gasteiger partial charge in [0, 0.05) is 17.9 Å². The third-order valence-corrected chi connectivity index (χ3v) is 7.07. The summed E-state index contributed by atoms with van der Waals surface area (Å²) < 4.78 is 38.8. The van der Waals surface area contributed by atoms with Gasteiger partial charge in [-0.05, 0) is 31.0 Å². The Labute approximate surface area is 155 Å². The number of aromatic nitrogens is 2. The maximum atomic E-state index is 13.5. The Morgan fingerprint density at radius 3 is 2.81 bits per heavy atom. The highest BCUT2D eigenvalue weighted by Crippen LogP contribution is 2.42. The largest absolute Gasteiger partial charge is 0.311 e. The zero-order valence-electron chi connectivity index (χ0n) is 14.0. The van der Waals surface area contributed by atoms with Crippen molar-refractivity contribution in [2.75, 3.05) is 16.8 Å². The fourth-order valence-electron chi connectivity index (χ4n) is 3.82. The van der Waals surface area contributed by atoms with Gasteiger partial charge >= 0.3 is 0 Å². The van der Waals surface area contributed by atoms with Crippen molar-refractivity contribution in [3.63, 3.8) is 0 Å². The van der Waals surface area contributed by atoms with Crippen molar-refractivity contribution in [1.29, 1.82) is 0 Å². The molecule has 2 aliphatic heterocycles. The molecule has 0 spiro atoms. The Bertz CT molecular complexity index is 1020. The predicted molar refractivity (Wildman–Crippen MR) is 95.8 cm³/mol. The lowest BCUT2D eigenvalue weighted by Crippen LogP contribution is -2.26. The zero-order valence-corrected chi connectivity index (χ0v) is 15.6. The molecule has 9 heteroatoms. The van der Waals surface area contributed by atoms with E-state index >= 15 is 0 Å². The number of carbonyl (C=O) groups is 1. The number of carbonyl (C=O) groups excluding carboxylic acids is 1. The lowest BCUT2D eigenvalue weighted by molar-refractivity contribution is -0.116. The molecule has 2 aromatic rings. The number of anilines is 1. The monoisotopic (exact) mass is 397 g/mol. The normalized spacial score (nSPS) is 24.3. The average Bonchev–Trinajstić information content (AvgIpc) is 3.09. The first kappa shape index (κ1) is 17.5. The van der Waals surface area contributed by atoms with Crippen molar-refractivity contribution < 1.29 is 17.6 Å². The molecule has 6 nitrogen and oxygen atoms in total. The molecule has 1 aromatic heterocycles. The van der Waals surface area contributed by atoms with Crippen molar-refractivity contribution in [3.05, 3.63) is 45.9 Å². The number of benzene rings is 1. The van der Waals surface area contributed by atoms with Crippen LogP contribution in [0.3, 0.4) is 0 Å². The highest BCUT2D eigenvalue weighted by molar-refractivity contribution is 7.91. The van der Waals surface area contributed by atoms with Gasteiger partial charge in [0.25, 0.3) is 0 Å². The molecule has 0 aliphatic carbocycles. The molecular weight excluding hydrogens is 381 g/mol. The molecule has 1 aromatic carbocycles. The van der Waals surface area contributed by atoms with E-state index in [4.69, 9.17) is 11.6 Å². The molecule has 138 valence electrons. The predicted octanol–water partition coefficient (Wildman–Crippen LogP) is 2.82. The van der Waals surface area contributed by atoms with Crippen molar-refractivity contribution in [2.24, 2.45) is 0 Å². The van der Waals surface area contributed by atoms with E-state index in [0.717, 1.165) is 16.8 Å². The van der Waals surface area contributed by atoms with Crippen LogP contribution in [0.1, 0.15) is 41.6 Å². The summed E-state index contributed by atoms with van der Waals surface area (Å²) in [6.07, 6.45) is 0.670. The number of rotatable bonds is 2. The first-order chi connectivity index (χ1) is 12.2. The molecule has 4 rings (SSSR count). The van der Waals surface area contributed by atoms with Gasteiger partial charge in [-0.3, -0.25) is 4.79 Å². The summed E-state index contributed by atoms with van der Waals surface area (Å²) in [6.45, 7) is 1.83.